The second kappa shape index (κ2) is 18.9. The van der Waals surface area contributed by atoms with Crippen molar-refractivity contribution < 1.29 is 37.9 Å². The maximum absolute atomic E-state index is 6.59. The monoisotopic (exact) mass is 825 g/mol. The first-order chi connectivity index (χ1) is 28.1. The van der Waals surface area contributed by atoms with E-state index in [4.69, 9.17) is 37.9 Å². The normalized spacial score (nSPS) is 15.2. The number of rotatable bonds is 4. The maximum Gasteiger partial charge on any atom is 0.129 e. The van der Waals surface area contributed by atoms with Crippen LogP contribution in [0.15, 0.2) is 48.5 Å². The molecule has 8 nitrogen and oxygen atoms in total. The molecule has 0 amide bonds. The van der Waals surface area contributed by atoms with Gasteiger partial charge in [0, 0.05) is 44.5 Å². The summed E-state index contributed by atoms with van der Waals surface area (Å²) in [6.45, 7) is 29.4. The van der Waals surface area contributed by atoms with Crippen LogP contribution in [0.4, 0.5) is 0 Å². The smallest absolute Gasteiger partial charge is 0.129 e. The average Bonchev–Trinajstić information content (AvgIpc) is 3.15. The highest BCUT2D eigenvalue weighted by molar-refractivity contribution is 5.50. The van der Waals surface area contributed by atoms with E-state index in [1.54, 1.807) is 28.4 Å². The molecule has 328 valence electrons. The molecule has 0 atom stereocenters. The first-order valence-corrected chi connectivity index (χ1v) is 21.2. The molecule has 5 rings (SSSR count). The van der Waals surface area contributed by atoms with Crippen molar-refractivity contribution in [2.24, 2.45) is 0 Å². The molecule has 0 radical (unpaired) electrons. The Hall–Kier alpha value is -4.08. The third-order valence-corrected chi connectivity index (χ3v) is 11.3. The highest BCUT2D eigenvalue weighted by Crippen LogP contribution is 2.39. The van der Waals surface area contributed by atoms with Crippen LogP contribution in [0.25, 0.3) is 0 Å². The fourth-order valence-electron chi connectivity index (χ4n) is 7.74. The molecule has 1 aliphatic rings. The first kappa shape index (κ1) is 47.0. The van der Waals surface area contributed by atoms with Gasteiger partial charge in [-0.1, -0.05) is 83.1 Å². The predicted octanol–water partition coefficient (Wildman–Crippen LogP) is 12.1. The zero-order valence-electron chi connectivity index (χ0n) is 39.5. The quantitative estimate of drug-likeness (QED) is 0.201. The summed E-state index contributed by atoms with van der Waals surface area (Å²) < 4.78 is 50.8. The summed E-state index contributed by atoms with van der Waals surface area (Å²) in [7, 11) is 6.86. The Morgan fingerprint density at radius 2 is 0.417 bits per heavy atom. The van der Waals surface area contributed by atoms with Gasteiger partial charge in [-0.05, 0) is 92.4 Å². The van der Waals surface area contributed by atoms with Gasteiger partial charge in [0.25, 0.3) is 0 Å². The summed E-state index contributed by atoms with van der Waals surface area (Å²) in [5, 5.41) is 0. The summed E-state index contributed by atoms with van der Waals surface area (Å²) in [5.41, 5.74) is 12.0. The minimum atomic E-state index is -0.116. The Morgan fingerprint density at radius 3 is 0.517 bits per heavy atom. The SMILES string of the molecule is COc1c2cc(C(C)(C)C)cc1COCc1cc(C(C)(C)C)cc(c1OC)COCc1cc(C(C)(C)C)cc(c1OC)COCc1cc(C(C)(C)C)cc(c1OC)COC2. The number of hydrogen-bond acceptors (Lipinski definition) is 8. The molecule has 0 fully saturated rings. The van der Waals surface area contributed by atoms with Gasteiger partial charge < -0.3 is 37.9 Å². The van der Waals surface area contributed by atoms with Crippen molar-refractivity contribution in [2.75, 3.05) is 28.4 Å². The maximum atomic E-state index is 6.59. The molecule has 4 aromatic carbocycles. The van der Waals surface area contributed by atoms with Crippen molar-refractivity contribution in [1.82, 2.24) is 0 Å². The molecule has 0 aliphatic carbocycles. The lowest BCUT2D eigenvalue weighted by Gasteiger charge is -2.26. The van der Waals surface area contributed by atoms with Crippen LogP contribution in [0.5, 0.6) is 23.0 Å². The topological polar surface area (TPSA) is 73.8 Å². The third-order valence-electron chi connectivity index (χ3n) is 11.3. The van der Waals surface area contributed by atoms with Crippen LogP contribution in [-0.2, 0) is 93.5 Å². The van der Waals surface area contributed by atoms with E-state index >= 15 is 0 Å². The van der Waals surface area contributed by atoms with Gasteiger partial charge in [0.05, 0.1) is 81.3 Å². The van der Waals surface area contributed by atoms with Gasteiger partial charge in [0.2, 0.25) is 0 Å². The molecule has 0 saturated heterocycles. The van der Waals surface area contributed by atoms with Crippen molar-refractivity contribution in [3.8, 4) is 23.0 Å². The van der Waals surface area contributed by atoms with Crippen LogP contribution in [-0.4, -0.2) is 28.4 Å². The van der Waals surface area contributed by atoms with Crippen LogP contribution in [0.3, 0.4) is 0 Å². The van der Waals surface area contributed by atoms with Crippen LogP contribution in [0, 0.1) is 0 Å². The highest BCUT2D eigenvalue weighted by atomic mass is 16.5. The van der Waals surface area contributed by atoms with Crippen molar-refractivity contribution in [2.45, 2.75) is 158 Å². The van der Waals surface area contributed by atoms with E-state index in [1.807, 2.05) is 0 Å². The molecule has 8 heteroatoms. The molecule has 60 heavy (non-hydrogen) atoms. The van der Waals surface area contributed by atoms with E-state index < -0.39 is 0 Å². The van der Waals surface area contributed by atoms with Gasteiger partial charge in [0.15, 0.2) is 0 Å². The second-order valence-corrected chi connectivity index (χ2v) is 20.3. The third kappa shape index (κ3) is 11.2. The molecule has 1 heterocycles. The Labute approximate surface area is 361 Å². The fraction of sp³-hybridized carbons (Fsp3) is 0.538. The van der Waals surface area contributed by atoms with Gasteiger partial charge in [-0.25, -0.2) is 0 Å². The fourth-order valence-corrected chi connectivity index (χ4v) is 7.74. The molecule has 4 aromatic rings. The van der Waals surface area contributed by atoms with E-state index in [0.29, 0.717) is 52.9 Å². The molecular formula is C52H72O8. The standard InChI is InChI=1S/C52H72O8/c1-49(2,3)41-17-33-25-57-27-35-19-42(50(4,5)6)21-37(46(35)54-14)29-59-31-39-23-44(52(10,11)12)24-40(48(39)56-16)32-60-30-38-22-43(51(7,8)9)20-36(47(38)55-15)28-58-26-34(18-41)45(33)53-13/h17-24H,25-32H2,1-16H3. The molecule has 0 N–H and O–H groups in total. The van der Waals surface area contributed by atoms with Crippen molar-refractivity contribution in [3.05, 3.63) is 115 Å². The number of hydrogen-bond donors (Lipinski definition) is 0. The summed E-state index contributed by atoms with van der Waals surface area (Å²) in [6, 6.07) is 17.6. The van der Waals surface area contributed by atoms with Crippen molar-refractivity contribution in [1.29, 1.82) is 0 Å². The molecule has 0 saturated carbocycles. The number of methoxy groups -OCH3 is 4. The average molecular weight is 825 g/mol. The van der Waals surface area contributed by atoms with Gasteiger partial charge in [-0.15, -0.1) is 0 Å². The summed E-state index contributed by atoms with van der Waals surface area (Å²) >= 11 is 0. The molecule has 8 bridgehead atoms. The highest BCUT2D eigenvalue weighted by Gasteiger charge is 2.25. The zero-order valence-corrected chi connectivity index (χ0v) is 39.5. The number of benzene rings is 4. The zero-order chi connectivity index (χ0) is 44.2. The lowest BCUT2D eigenvalue weighted by Crippen LogP contribution is -2.15. The van der Waals surface area contributed by atoms with Crippen LogP contribution in [0.2, 0.25) is 0 Å². The number of fused-ring (bicyclic) bond motifs is 8. The molecule has 0 spiro atoms. The van der Waals surface area contributed by atoms with Gasteiger partial charge in [-0.2, -0.15) is 0 Å². The van der Waals surface area contributed by atoms with Gasteiger partial charge in [0.1, 0.15) is 23.0 Å². The Morgan fingerprint density at radius 1 is 0.283 bits per heavy atom. The summed E-state index contributed by atoms with van der Waals surface area (Å²) in [5.74, 6) is 3.05. The van der Waals surface area contributed by atoms with E-state index in [9.17, 15) is 0 Å². The Kier molecular flexibility index (Phi) is 14.8. The number of ether oxygens (including phenoxy) is 8. The van der Waals surface area contributed by atoms with Gasteiger partial charge in [-0.3, -0.25) is 0 Å². The largest absolute Gasteiger partial charge is 0.496 e. The Bertz CT molecular complexity index is 1700. The van der Waals surface area contributed by atoms with Crippen molar-refractivity contribution in [3.63, 3.8) is 0 Å². The Balaban J connectivity index is 1.65. The predicted molar refractivity (Wildman–Crippen MR) is 241 cm³/mol. The first-order valence-electron chi connectivity index (χ1n) is 21.2. The molecule has 1 aliphatic heterocycles. The summed E-state index contributed by atoms with van der Waals surface area (Å²) in [6.07, 6.45) is 0. The van der Waals surface area contributed by atoms with Crippen LogP contribution >= 0.6 is 0 Å². The lowest BCUT2D eigenvalue weighted by molar-refractivity contribution is 0.0924. The molecular weight excluding hydrogens is 753 g/mol. The minimum Gasteiger partial charge on any atom is -0.496 e. The van der Waals surface area contributed by atoms with E-state index in [1.165, 1.54) is 22.3 Å². The van der Waals surface area contributed by atoms with Crippen LogP contribution in [0.1, 0.15) is 150 Å². The molecule has 0 unspecified atom stereocenters. The lowest BCUT2D eigenvalue weighted by atomic mass is 9.84. The minimum absolute atomic E-state index is 0.116. The van der Waals surface area contributed by atoms with E-state index in [2.05, 4.69) is 132 Å². The van der Waals surface area contributed by atoms with E-state index in [-0.39, 0.29) is 21.7 Å². The molecule has 0 aromatic heterocycles. The van der Waals surface area contributed by atoms with Crippen LogP contribution < -0.4 is 18.9 Å². The summed E-state index contributed by atoms with van der Waals surface area (Å²) in [4.78, 5) is 0. The second-order valence-electron chi connectivity index (χ2n) is 20.3. The van der Waals surface area contributed by atoms with E-state index in [0.717, 1.165) is 67.5 Å². The van der Waals surface area contributed by atoms with Crippen molar-refractivity contribution >= 4 is 0 Å². The van der Waals surface area contributed by atoms with Gasteiger partial charge >= 0.3 is 0 Å².